The number of hydrogen-bond donors (Lipinski definition) is 1. The Morgan fingerprint density at radius 1 is 1.05 bits per heavy atom. The minimum atomic E-state index is -0.364. The van der Waals surface area contributed by atoms with Gasteiger partial charge in [0.2, 0.25) is 5.95 Å². The smallest absolute Gasteiger partial charge is 0.223 e. The molecule has 0 saturated heterocycles. The van der Waals surface area contributed by atoms with E-state index >= 15 is 0 Å². The van der Waals surface area contributed by atoms with Crippen LogP contribution >= 0.6 is 0 Å². The Balaban J connectivity index is 1.92. The summed E-state index contributed by atoms with van der Waals surface area (Å²) in [5.74, 6) is 3.18. The summed E-state index contributed by atoms with van der Waals surface area (Å²) in [6, 6.07) is 0. The second kappa shape index (κ2) is 5.87. The van der Waals surface area contributed by atoms with E-state index < -0.39 is 0 Å². The van der Waals surface area contributed by atoms with Crippen LogP contribution in [0.1, 0.15) is 75.9 Å². The maximum absolute atomic E-state index is 5.96. The summed E-state index contributed by atoms with van der Waals surface area (Å²) in [4.78, 5) is 13.6. The number of ether oxygens (including phenoxy) is 1. The van der Waals surface area contributed by atoms with Gasteiger partial charge in [-0.3, -0.25) is 0 Å². The van der Waals surface area contributed by atoms with Crippen molar-refractivity contribution in [1.29, 1.82) is 0 Å². The number of nitrogen functional groups attached to an aromatic ring is 1. The fraction of sp³-hybridized carbons (Fsp3) is 0.812. The fourth-order valence-corrected chi connectivity index (χ4v) is 3.73. The third-order valence-corrected chi connectivity index (χ3v) is 5.27. The van der Waals surface area contributed by atoms with Gasteiger partial charge in [0.15, 0.2) is 5.82 Å². The minimum absolute atomic E-state index is 0.344. The van der Waals surface area contributed by atoms with Gasteiger partial charge in [0.25, 0.3) is 0 Å². The molecule has 0 radical (unpaired) electrons. The highest BCUT2D eigenvalue weighted by atomic mass is 16.5. The second-order valence-corrected chi connectivity index (χ2v) is 6.74. The normalized spacial score (nSPS) is 30.7. The quantitative estimate of drug-likeness (QED) is 0.925. The largest absolute Gasteiger partial charge is 0.370 e. The minimum Gasteiger partial charge on any atom is -0.370 e. The van der Waals surface area contributed by atoms with Crippen LogP contribution in [0.5, 0.6) is 0 Å². The maximum Gasteiger partial charge on any atom is 0.223 e. The Hall–Kier alpha value is -1.23. The molecule has 1 aromatic heterocycles. The first kappa shape index (κ1) is 14.7. The summed E-state index contributed by atoms with van der Waals surface area (Å²) in [5.41, 5.74) is 5.59. The molecule has 2 aliphatic rings. The highest BCUT2D eigenvalue weighted by molar-refractivity contribution is 5.21. The molecule has 0 bridgehead atoms. The predicted molar refractivity (Wildman–Crippen MR) is 81.8 cm³/mol. The summed E-state index contributed by atoms with van der Waals surface area (Å²) < 4.78 is 5.88. The Morgan fingerprint density at radius 2 is 1.71 bits per heavy atom. The van der Waals surface area contributed by atoms with Gasteiger partial charge in [-0.1, -0.05) is 19.8 Å². The van der Waals surface area contributed by atoms with Crippen LogP contribution in [0.25, 0.3) is 0 Å². The van der Waals surface area contributed by atoms with Crippen molar-refractivity contribution in [3.8, 4) is 0 Å². The van der Waals surface area contributed by atoms with E-state index in [1.807, 2.05) is 0 Å². The molecule has 1 heterocycles. The number of nitrogens with zero attached hydrogens (tertiary/aromatic N) is 3. The lowest BCUT2D eigenvalue weighted by Crippen LogP contribution is -2.36. The molecule has 0 amide bonds. The van der Waals surface area contributed by atoms with E-state index in [2.05, 4.69) is 16.9 Å². The molecule has 5 nitrogen and oxygen atoms in total. The number of nitrogens with two attached hydrogens (primary N) is 1. The standard InChI is InChI=1S/C16H26N4O/c1-11-7-9-16(21-2,10-8-11)14-18-13(19-15(17)20-14)12-5-3-4-6-12/h11-12H,3-10H2,1-2H3,(H2,17,18,19,20). The van der Waals surface area contributed by atoms with Crippen molar-refractivity contribution in [1.82, 2.24) is 15.0 Å². The lowest BCUT2D eigenvalue weighted by atomic mass is 9.79. The Labute approximate surface area is 126 Å². The summed E-state index contributed by atoms with van der Waals surface area (Å²) in [7, 11) is 1.77. The summed E-state index contributed by atoms with van der Waals surface area (Å²) >= 11 is 0. The first-order valence-corrected chi connectivity index (χ1v) is 8.20. The van der Waals surface area contributed by atoms with Gasteiger partial charge in [-0.25, -0.2) is 4.98 Å². The zero-order valence-electron chi connectivity index (χ0n) is 13.1. The molecule has 21 heavy (non-hydrogen) atoms. The molecule has 0 aliphatic heterocycles. The molecule has 2 fully saturated rings. The van der Waals surface area contributed by atoms with Gasteiger partial charge in [-0.05, 0) is 44.4 Å². The number of methoxy groups -OCH3 is 1. The van der Waals surface area contributed by atoms with Crippen LogP contribution in [0.3, 0.4) is 0 Å². The third kappa shape index (κ3) is 2.89. The SMILES string of the molecule is COC1(c2nc(N)nc(C3CCCC3)n2)CCC(C)CC1. The van der Waals surface area contributed by atoms with E-state index in [0.29, 0.717) is 11.9 Å². The topological polar surface area (TPSA) is 73.9 Å². The molecule has 0 atom stereocenters. The van der Waals surface area contributed by atoms with E-state index in [-0.39, 0.29) is 5.60 Å². The molecule has 0 aromatic carbocycles. The van der Waals surface area contributed by atoms with Crippen LogP contribution in [-0.4, -0.2) is 22.1 Å². The van der Waals surface area contributed by atoms with E-state index in [1.165, 1.54) is 25.7 Å². The average molecular weight is 290 g/mol. The Morgan fingerprint density at radius 3 is 2.33 bits per heavy atom. The maximum atomic E-state index is 5.96. The molecule has 3 rings (SSSR count). The highest BCUT2D eigenvalue weighted by Gasteiger charge is 2.39. The molecule has 5 heteroatoms. The monoisotopic (exact) mass is 290 g/mol. The van der Waals surface area contributed by atoms with E-state index in [4.69, 9.17) is 15.5 Å². The van der Waals surface area contributed by atoms with Crippen LogP contribution in [0.15, 0.2) is 0 Å². The van der Waals surface area contributed by atoms with Gasteiger partial charge in [0.05, 0.1) is 0 Å². The van der Waals surface area contributed by atoms with Crippen molar-refractivity contribution in [2.24, 2.45) is 5.92 Å². The molecule has 1 aromatic rings. The van der Waals surface area contributed by atoms with E-state index in [9.17, 15) is 0 Å². The summed E-state index contributed by atoms with van der Waals surface area (Å²) in [6.07, 6.45) is 9.10. The summed E-state index contributed by atoms with van der Waals surface area (Å²) in [6.45, 7) is 2.30. The lowest BCUT2D eigenvalue weighted by molar-refractivity contribution is -0.0599. The number of hydrogen-bond acceptors (Lipinski definition) is 5. The average Bonchev–Trinajstić information content (AvgIpc) is 3.02. The first-order valence-electron chi connectivity index (χ1n) is 8.20. The predicted octanol–water partition coefficient (Wildman–Crippen LogP) is 3.16. The Kier molecular flexibility index (Phi) is 4.11. The van der Waals surface area contributed by atoms with Gasteiger partial charge >= 0.3 is 0 Å². The molecule has 0 unspecified atom stereocenters. The van der Waals surface area contributed by atoms with Gasteiger partial charge in [-0.15, -0.1) is 0 Å². The van der Waals surface area contributed by atoms with Gasteiger partial charge in [0, 0.05) is 13.0 Å². The fourth-order valence-electron chi connectivity index (χ4n) is 3.73. The molecule has 116 valence electrons. The number of anilines is 1. The molecular weight excluding hydrogens is 264 g/mol. The van der Waals surface area contributed by atoms with Crippen molar-refractivity contribution in [2.75, 3.05) is 12.8 Å². The van der Waals surface area contributed by atoms with Crippen LogP contribution < -0.4 is 5.73 Å². The molecular formula is C16H26N4O. The first-order chi connectivity index (χ1) is 10.1. The van der Waals surface area contributed by atoms with Crippen molar-refractivity contribution in [3.05, 3.63) is 11.6 Å². The zero-order chi connectivity index (χ0) is 14.9. The van der Waals surface area contributed by atoms with Crippen molar-refractivity contribution in [3.63, 3.8) is 0 Å². The van der Waals surface area contributed by atoms with Crippen molar-refractivity contribution in [2.45, 2.75) is 69.8 Å². The lowest BCUT2D eigenvalue weighted by Gasteiger charge is -2.37. The van der Waals surface area contributed by atoms with E-state index in [1.54, 1.807) is 7.11 Å². The second-order valence-electron chi connectivity index (χ2n) is 6.74. The Bertz CT molecular complexity index is 491. The van der Waals surface area contributed by atoms with Crippen LogP contribution in [0.4, 0.5) is 5.95 Å². The van der Waals surface area contributed by atoms with Crippen LogP contribution in [0.2, 0.25) is 0 Å². The van der Waals surface area contributed by atoms with Crippen molar-refractivity contribution < 1.29 is 4.74 Å². The molecule has 2 aliphatic carbocycles. The van der Waals surface area contributed by atoms with Crippen LogP contribution in [-0.2, 0) is 10.3 Å². The van der Waals surface area contributed by atoms with Gasteiger partial charge in [0.1, 0.15) is 11.4 Å². The zero-order valence-corrected chi connectivity index (χ0v) is 13.1. The molecule has 2 saturated carbocycles. The molecule has 2 N–H and O–H groups in total. The van der Waals surface area contributed by atoms with E-state index in [0.717, 1.165) is 43.3 Å². The molecule has 0 spiro atoms. The third-order valence-electron chi connectivity index (χ3n) is 5.27. The van der Waals surface area contributed by atoms with Gasteiger partial charge < -0.3 is 10.5 Å². The number of rotatable bonds is 3. The highest BCUT2D eigenvalue weighted by Crippen LogP contribution is 2.41. The van der Waals surface area contributed by atoms with Crippen molar-refractivity contribution >= 4 is 5.95 Å². The van der Waals surface area contributed by atoms with Gasteiger partial charge in [-0.2, -0.15) is 9.97 Å². The summed E-state index contributed by atoms with van der Waals surface area (Å²) in [5, 5.41) is 0. The van der Waals surface area contributed by atoms with Crippen LogP contribution in [0, 0.1) is 5.92 Å². The number of aromatic nitrogens is 3.